The maximum atomic E-state index is 13.0. The fraction of sp³-hybridized carbons (Fsp3) is 0.524. The van der Waals surface area contributed by atoms with Crippen LogP contribution in [0.25, 0.3) is 0 Å². The Kier molecular flexibility index (Phi) is 5.02. The van der Waals surface area contributed by atoms with E-state index in [1.165, 1.54) is 0 Å². The van der Waals surface area contributed by atoms with Crippen molar-refractivity contribution in [3.05, 3.63) is 40.8 Å². The second-order valence-electron chi connectivity index (χ2n) is 8.43. The predicted octanol–water partition coefficient (Wildman–Crippen LogP) is 3.35. The molecule has 2 heterocycles. The number of carbonyl (C=O) groups excluding carboxylic acids is 1. The zero-order valence-corrected chi connectivity index (χ0v) is 17.9. The molecule has 2 N–H and O–H groups in total. The van der Waals surface area contributed by atoms with Gasteiger partial charge in [-0.2, -0.15) is 0 Å². The highest BCUT2D eigenvalue weighted by Crippen LogP contribution is 2.42. The number of nitrogens with one attached hydrogen (secondary N) is 2. The van der Waals surface area contributed by atoms with E-state index in [0.29, 0.717) is 23.4 Å². The van der Waals surface area contributed by atoms with E-state index in [1.807, 2.05) is 20.8 Å². The number of anilines is 1. The van der Waals surface area contributed by atoms with Crippen LogP contribution in [0.15, 0.2) is 27.6 Å². The minimum Gasteiger partial charge on any atom is -0.361 e. The molecule has 0 spiro atoms. The summed E-state index contributed by atoms with van der Waals surface area (Å²) < 4.78 is 34.0. The molecule has 1 aliphatic heterocycles. The van der Waals surface area contributed by atoms with E-state index in [2.05, 4.69) is 15.2 Å². The van der Waals surface area contributed by atoms with Gasteiger partial charge in [0.05, 0.1) is 16.0 Å². The smallest absolute Gasteiger partial charge is 0.240 e. The third kappa shape index (κ3) is 3.59. The molecule has 1 aromatic carbocycles. The lowest BCUT2D eigenvalue weighted by Gasteiger charge is -2.24. The maximum absolute atomic E-state index is 13.0. The van der Waals surface area contributed by atoms with Gasteiger partial charge in [-0.25, -0.2) is 13.1 Å². The van der Waals surface area contributed by atoms with Crippen LogP contribution in [0.3, 0.4) is 0 Å². The minimum atomic E-state index is -3.65. The molecule has 7 nitrogen and oxygen atoms in total. The topological polar surface area (TPSA) is 101 Å². The summed E-state index contributed by atoms with van der Waals surface area (Å²) in [5, 5.41) is 6.87. The van der Waals surface area contributed by atoms with Crippen molar-refractivity contribution in [2.24, 2.45) is 0 Å². The summed E-state index contributed by atoms with van der Waals surface area (Å²) in [5.74, 6) is 0.523. The third-order valence-corrected chi connectivity index (χ3v) is 7.80. The Hall–Kier alpha value is -2.19. The number of hydrogen-bond donors (Lipinski definition) is 2. The molecule has 1 unspecified atom stereocenters. The van der Waals surface area contributed by atoms with Crippen LogP contribution in [0.5, 0.6) is 0 Å². The first kappa shape index (κ1) is 20.1. The number of aromatic nitrogens is 1. The number of fused-ring (bicyclic) bond motifs is 1. The molecule has 8 heteroatoms. The molecule has 0 radical (unpaired) electrons. The number of nitrogens with zero attached hydrogens (tertiary/aromatic N) is 1. The molecule has 1 aliphatic carbocycles. The van der Waals surface area contributed by atoms with Crippen molar-refractivity contribution in [1.29, 1.82) is 0 Å². The van der Waals surface area contributed by atoms with Crippen LogP contribution in [0.1, 0.15) is 61.6 Å². The molecule has 0 bridgehead atoms. The van der Waals surface area contributed by atoms with Crippen LogP contribution in [0.2, 0.25) is 0 Å². The molecule has 1 fully saturated rings. The van der Waals surface area contributed by atoms with Crippen LogP contribution in [-0.4, -0.2) is 25.5 Å². The van der Waals surface area contributed by atoms with Crippen molar-refractivity contribution in [3.8, 4) is 0 Å². The molecule has 4 rings (SSSR count). The first-order valence-corrected chi connectivity index (χ1v) is 11.6. The molecule has 156 valence electrons. The average Bonchev–Trinajstić information content (AvgIpc) is 3.13. The summed E-state index contributed by atoms with van der Waals surface area (Å²) in [4.78, 5) is 13.0. The Labute approximate surface area is 171 Å². The Morgan fingerprint density at radius 1 is 1.24 bits per heavy atom. The molecule has 2 aromatic rings. The molecule has 29 heavy (non-hydrogen) atoms. The number of aryl methyl sites for hydroxylation is 2. The summed E-state index contributed by atoms with van der Waals surface area (Å²) in [6.45, 7) is 5.50. The summed E-state index contributed by atoms with van der Waals surface area (Å²) in [6, 6.07) is 4.86. The zero-order chi connectivity index (χ0) is 20.8. The Bertz CT molecular complexity index is 1030. The lowest BCUT2D eigenvalue weighted by molar-refractivity contribution is -0.120. The minimum absolute atomic E-state index is 0.0181. The van der Waals surface area contributed by atoms with Gasteiger partial charge in [0.15, 0.2) is 0 Å². The fourth-order valence-electron chi connectivity index (χ4n) is 4.43. The summed E-state index contributed by atoms with van der Waals surface area (Å²) in [7, 11) is -3.65. The van der Waals surface area contributed by atoms with Crippen LogP contribution >= 0.6 is 0 Å². The number of rotatable bonds is 5. The van der Waals surface area contributed by atoms with E-state index in [4.69, 9.17) is 4.52 Å². The highest BCUT2D eigenvalue weighted by molar-refractivity contribution is 7.89. The fourth-order valence-corrected chi connectivity index (χ4v) is 5.76. The SMILES string of the molecule is Cc1noc(C)c1CC1(C)C(=O)Nc2ccc(S(=O)(=O)NC3CCCCC3)cc21. The normalized spacial score (nSPS) is 22.5. The molecule has 1 amide bonds. The van der Waals surface area contributed by atoms with Crippen molar-refractivity contribution in [1.82, 2.24) is 9.88 Å². The number of sulfonamides is 1. The van der Waals surface area contributed by atoms with E-state index < -0.39 is 15.4 Å². The monoisotopic (exact) mass is 417 g/mol. The molecule has 1 saturated carbocycles. The van der Waals surface area contributed by atoms with Gasteiger partial charge in [-0.3, -0.25) is 4.79 Å². The van der Waals surface area contributed by atoms with Gasteiger partial charge in [-0.15, -0.1) is 0 Å². The van der Waals surface area contributed by atoms with Gasteiger partial charge in [-0.1, -0.05) is 24.4 Å². The second-order valence-corrected chi connectivity index (χ2v) is 10.1. The highest BCUT2D eigenvalue weighted by Gasteiger charge is 2.44. The molecule has 0 saturated heterocycles. The lowest BCUT2D eigenvalue weighted by Crippen LogP contribution is -2.36. The molecular weight excluding hydrogens is 390 g/mol. The van der Waals surface area contributed by atoms with Crippen molar-refractivity contribution < 1.29 is 17.7 Å². The second kappa shape index (κ2) is 7.25. The Morgan fingerprint density at radius 2 is 1.97 bits per heavy atom. The number of benzene rings is 1. The maximum Gasteiger partial charge on any atom is 0.240 e. The van der Waals surface area contributed by atoms with Crippen molar-refractivity contribution >= 4 is 21.6 Å². The third-order valence-electron chi connectivity index (χ3n) is 6.28. The van der Waals surface area contributed by atoms with Crippen LogP contribution in [0, 0.1) is 13.8 Å². The Balaban J connectivity index is 1.68. The van der Waals surface area contributed by atoms with Crippen LogP contribution in [-0.2, 0) is 26.7 Å². The zero-order valence-electron chi connectivity index (χ0n) is 17.0. The van der Waals surface area contributed by atoms with Crippen molar-refractivity contribution in [2.75, 3.05) is 5.32 Å². The molecular formula is C21H27N3O4S. The number of amides is 1. The van der Waals surface area contributed by atoms with E-state index in [-0.39, 0.29) is 16.8 Å². The quantitative estimate of drug-likeness (QED) is 0.777. The van der Waals surface area contributed by atoms with Crippen molar-refractivity contribution in [3.63, 3.8) is 0 Å². The first-order valence-electron chi connectivity index (χ1n) is 10.1. The molecule has 1 aromatic heterocycles. The van der Waals surface area contributed by atoms with Gasteiger partial charge >= 0.3 is 0 Å². The standard InChI is InChI=1S/C21H27N3O4S/c1-13-17(14(2)28-23-13)12-21(3)18-11-16(9-10-19(18)22-20(21)25)29(26,27)24-15-7-5-4-6-8-15/h9-11,15,24H,4-8,12H2,1-3H3,(H,22,25). The van der Waals surface area contributed by atoms with Gasteiger partial charge in [0.25, 0.3) is 0 Å². The largest absolute Gasteiger partial charge is 0.361 e. The van der Waals surface area contributed by atoms with E-state index >= 15 is 0 Å². The Morgan fingerprint density at radius 3 is 2.62 bits per heavy atom. The van der Waals surface area contributed by atoms with Crippen LogP contribution < -0.4 is 10.0 Å². The average molecular weight is 418 g/mol. The van der Waals surface area contributed by atoms with E-state index in [9.17, 15) is 13.2 Å². The predicted molar refractivity (Wildman–Crippen MR) is 109 cm³/mol. The lowest BCUT2D eigenvalue weighted by atomic mass is 9.78. The van der Waals surface area contributed by atoms with Crippen molar-refractivity contribution in [2.45, 2.75) is 75.6 Å². The molecule has 1 atom stereocenters. The molecule has 2 aliphatic rings. The van der Waals surface area contributed by atoms with E-state index in [1.54, 1.807) is 18.2 Å². The van der Waals surface area contributed by atoms with Gasteiger partial charge in [0, 0.05) is 17.3 Å². The summed E-state index contributed by atoms with van der Waals surface area (Å²) in [5.41, 5.74) is 2.07. The van der Waals surface area contributed by atoms with Gasteiger partial charge in [-0.05, 0) is 63.8 Å². The van der Waals surface area contributed by atoms with Gasteiger partial charge in [0.1, 0.15) is 5.76 Å². The number of hydrogen-bond acceptors (Lipinski definition) is 5. The first-order chi connectivity index (χ1) is 13.7. The summed E-state index contributed by atoms with van der Waals surface area (Å²) >= 11 is 0. The van der Waals surface area contributed by atoms with Crippen LogP contribution in [0.4, 0.5) is 5.69 Å². The summed E-state index contributed by atoms with van der Waals surface area (Å²) in [6.07, 6.45) is 5.38. The number of carbonyl (C=O) groups is 1. The van der Waals surface area contributed by atoms with Gasteiger partial charge < -0.3 is 9.84 Å². The highest BCUT2D eigenvalue weighted by atomic mass is 32.2. The van der Waals surface area contributed by atoms with E-state index in [0.717, 1.165) is 43.4 Å². The van der Waals surface area contributed by atoms with Gasteiger partial charge in [0.2, 0.25) is 15.9 Å².